The number of fused-ring (bicyclic) bond motifs is 1. The van der Waals surface area contributed by atoms with Gasteiger partial charge in [0, 0.05) is 6.54 Å². The number of hydrogen-bond acceptors (Lipinski definition) is 3. The zero-order valence-electron chi connectivity index (χ0n) is 10.8. The molecule has 0 unspecified atom stereocenters. The van der Waals surface area contributed by atoms with Crippen molar-refractivity contribution in [3.8, 4) is 6.07 Å². The third-order valence-corrected chi connectivity index (χ3v) is 4.95. The molecule has 0 aromatic rings. The SMILES string of the molecule is N#C[C@@H]1CCCN1C(=O)[C@H]1NC[C@H]2CCCC[C@@H]21. The van der Waals surface area contributed by atoms with Gasteiger partial charge >= 0.3 is 0 Å². The summed E-state index contributed by atoms with van der Waals surface area (Å²) < 4.78 is 0. The van der Waals surface area contributed by atoms with Crippen LogP contribution in [-0.2, 0) is 4.79 Å². The van der Waals surface area contributed by atoms with Crippen LogP contribution in [0.1, 0.15) is 38.5 Å². The first-order valence-electron chi connectivity index (χ1n) is 7.25. The highest BCUT2D eigenvalue weighted by molar-refractivity contribution is 5.83. The molecule has 4 heteroatoms. The molecule has 0 aromatic heterocycles. The Morgan fingerprint density at radius 3 is 2.89 bits per heavy atom. The van der Waals surface area contributed by atoms with E-state index in [1.54, 1.807) is 0 Å². The van der Waals surface area contributed by atoms with E-state index in [1.807, 2.05) is 4.90 Å². The van der Waals surface area contributed by atoms with E-state index in [0.29, 0.717) is 11.8 Å². The van der Waals surface area contributed by atoms with Crippen molar-refractivity contribution in [2.45, 2.75) is 50.6 Å². The lowest BCUT2D eigenvalue weighted by molar-refractivity contribution is -0.134. The summed E-state index contributed by atoms with van der Waals surface area (Å²) in [7, 11) is 0. The van der Waals surface area contributed by atoms with Crippen molar-refractivity contribution in [2.75, 3.05) is 13.1 Å². The Morgan fingerprint density at radius 2 is 2.06 bits per heavy atom. The fraction of sp³-hybridized carbons (Fsp3) is 0.857. The summed E-state index contributed by atoms with van der Waals surface area (Å²) >= 11 is 0. The number of hydrogen-bond donors (Lipinski definition) is 1. The average Bonchev–Trinajstić information content (AvgIpc) is 3.04. The Balaban J connectivity index is 1.71. The van der Waals surface area contributed by atoms with Gasteiger partial charge in [0.15, 0.2) is 0 Å². The first-order valence-corrected chi connectivity index (χ1v) is 7.25. The Labute approximate surface area is 108 Å². The largest absolute Gasteiger partial charge is 0.325 e. The minimum atomic E-state index is -0.179. The highest BCUT2D eigenvalue weighted by atomic mass is 16.2. The van der Waals surface area contributed by atoms with E-state index < -0.39 is 0 Å². The van der Waals surface area contributed by atoms with Gasteiger partial charge < -0.3 is 10.2 Å². The molecule has 0 bridgehead atoms. The standard InChI is InChI=1S/C14H21N3O/c15-8-11-5-3-7-17(11)14(18)13-12-6-2-1-4-10(12)9-16-13/h10-13,16H,1-7,9H2/t10-,11+,12+,13+/m1/s1. The number of carbonyl (C=O) groups is 1. The summed E-state index contributed by atoms with van der Waals surface area (Å²) in [6.45, 7) is 1.76. The maximum Gasteiger partial charge on any atom is 0.241 e. The van der Waals surface area contributed by atoms with Gasteiger partial charge in [0.2, 0.25) is 5.91 Å². The molecule has 4 nitrogen and oxygen atoms in total. The first-order chi connectivity index (χ1) is 8.81. The van der Waals surface area contributed by atoms with Gasteiger partial charge in [-0.2, -0.15) is 5.26 Å². The van der Waals surface area contributed by atoms with Crippen LogP contribution in [0.2, 0.25) is 0 Å². The lowest BCUT2D eigenvalue weighted by Crippen LogP contribution is -2.48. The van der Waals surface area contributed by atoms with E-state index in [2.05, 4.69) is 11.4 Å². The van der Waals surface area contributed by atoms with Crippen molar-refractivity contribution in [1.82, 2.24) is 10.2 Å². The zero-order valence-corrected chi connectivity index (χ0v) is 10.8. The molecular weight excluding hydrogens is 226 g/mol. The monoisotopic (exact) mass is 247 g/mol. The molecule has 3 rings (SSSR count). The average molecular weight is 247 g/mol. The minimum Gasteiger partial charge on any atom is -0.325 e. The summed E-state index contributed by atoms with van der Waals surface area (Å²) in [4.78, 5) is 14.4. The maximum absolute atomic E-state index is 12.6. The summed E-state index contributed by atoms with van der Waals surface area (Å²) in [5.41, 5.74) is 0. The molecule has 18 heavy (non-hydrogen) atoms. The number of likely N-dealkylation sites (tertiary alicyclic amines) is 1. The lowest BCUT2D eigenvalue weighted by atomic mass is 9.78. The molecule has 3 aliphatic rings. The number of amides is 1. The second kappa shape index (κ2) is 4.89. The third kappa shape index (κ3) is 1.91. The van der Waals surface area contributed by atoms with E-state index in [9.17, 15) is 4.79 Å². The summed E-state index contributed by atoms with van der Waals surface area (Å²) in [5, 5.41) is 12.5. The van der Waals surface area contributed by atoms with Crippen LogP contribution in [0.25, 0.3) is 0 Å². The Hall–Kier alpha value is -1.08. The van der Waals surface area contributed by atoms with Gasteiger partial charge in [-0.15, -0.1) is 0 Å². The Morgan fingerprint density at radius 1 is 1.22 bits per heavy atom. The van der Waals surface area contributed by atoms with Crippen molar-refractivity contribution < 1.29 is 4.79 Å². The fourth-order valence-corrected chi connectivity index (χ4v) is 3.97. The van der Waals surface area contributed by atoms with E-state index in [1.165, 1.54) is 25.7 Å². The first kappa shape index (κ1) is 12.0. The highest BCUT2D eigenvalue weighted by Crippen LogP contribution is 2.37. The molecule has 1 aliphatic carbocycles. The number of nitriles is 1. The van der Waals surface area contributed by atoms with E-state index in [0.717, 1.165) is 25.9 Å². The fourth-order valence-electron chi connectivity index (χ4n) is 3.97. The van der Waals surface area contributed by atoms with Crippen molar-refractivity contribution in [3.05, 3.63) is 0 Å². The van der Waals surface area contributed by atoms with Gasteiger partial charge in [-0.3, -0.25) is 4.79 Å². The van der Waals surface area contributed by atoms with Crippen LogP contribution in [0, 0.1) is 23.2 Å². The normalized spacial score (nSPS) is 39.4. The number of carbonyl (C=O) groups excluding carboxylic acids is 1. The van der Waals surface area contributed by atoms with Crippen LogP contribution < -0.4 is 5.32 Å². The number of nitrogens with zero attached hydrogens (tertiary/aromatic N) is 2. The lowest BCUT2D eigenvalue weighted by Gasteiger charge is -2.30. The van der Waals surface area contributed by atoms with E-state index in [4.69, 9.17) is 5.26 Å². The van der Waals surface area contributed by atoms with Crippen molar-refractivity contribution in [1.29, 1.82) is 5.26 Å². The van der Waals surface area contributed by atoms with Crippen LogP contribution in [0.15, 0.2) is 0 Å². The van der Waals surface area contributed by atoms with Gasteiger partial charge in [0.05, 0.1) is 12.1 Å². The molecule has 1 N–H and O–H groups in total. The van der Waals surface area contributed by atoms with Crippen LogP contribution in [0.3, 0.4) is 0 Å². The molecule has 2 saturated heterocycles. The van der Waals surface area contributed by atoms with Gasteiger partial charge in [-0.05, 0) is 44.1 Å². The van der Waals surface area contributed by atoms with E-state index >= 15 is 0 Å². The van der Waals surface area contributed by atoms with E-state index in [-0.39, 0.29) is 18.0 Å². The molecule has 0 spiro atoms. The zero-order chi connectivity index (χ0) is 12.5. The predicted octanol–water partition coefficient (Wildman–Crippen LogP) is 1.28. The second-order valence-electron chi connectivity index (χ2n) is 5.91. The molecule has 1 saturated carbocycles. The minimum absolute atomic E-state index is 0.00995. The molecule has 2 heterocycles. The summed E-state index contributed by atoms with van der Waals surface area (Å²) in [6, 6.07) is 2.08. The van der Waals surface area contributed by atoms with Gasteiger partial charge in [-0.25, -0.2) is 0 Å². The molecular formula is C14H21N3O. The number of rotatable bonds is 1. The molecule has 3 fully saturated rings. The molecule has 0 aromatic carbocycles. The topological polar surface area (TPSA) is 56.1 Å². The quantitative estimate of drug-likeness (QED) is 0.759. The van der Waals surface area contributed by atoms with Crippen molar-refractivity contribution in [3.63, 3.8) is 0 Å². The van der Waals surface area contributed by atoms with Gasteiger partial charge in [-0.1, -0.05) is 12.8 Å². The third-order valence-electron chi connectivity index (χ3n) is 4.95. The van der Waals surface area contributed by atoms with Crippen LogP contribution in [0.4, 0.5) is 0 Å². The molecule has 4 atom stereocenters. The van der Waals surface area contributed by atoms with Crippen LogP contribution in [0.5, 0.6) is 0 Å². The predicted molar refractivity (Wildman–Crippen MR) is 67.6 cm³/mol. The van der Waals surface area contributed by atoms with Gasteiger partial charge in [0.1, 0.15) is 6.04 Å². The molecule has 98 valence electrons. The summed E-state index contributed by atoms with van der Waals surface area (Å²) in [5.74, 6) is 1.40. The van der Waals surface area contributed by atoms with Crippen molar-refractivity contribution >= 4 is 5.91 Å². The van der Waals surface area contributed by atoms with Crippen LogP contribution in [-0.4, -0.2) is 36.0 Å². The second-order valence-corrected chi connectivity index (χ2v) is 5.91. The smallest absolute Gasteiger partial charge is 0.241 e. The highest BCUT2D eigenvalue weighted by Gasteiger charge is 2.44. The maximum atomic E-state index is 12.6. The summed E-state index contributed by atoms with van der Waals surface area (Å²) in [6.07, 6.45) is 6.85. The molecule has 2 aliphatic heterocycles. The Kier molecular flexibility index (Phi) is 3.25. The van der Waals surface area contributed by atoms with Crippen molar-refractivity contribution in [2.24, 2.45) is 11.8 Å². The Bertz CT molecular complexity index is 376. The molecule has 1 amide bonds. The molecule has 0 radical (unpaired) electrons. The van der Waals surface area contributed by atoms with Gasteiger partial charge in [0.25, 0.3) is 0 Å². The van der Waals surface area contributed by atoms with Crippen LogP contribution >= 0.6 is 0 Å². The number of nitrogens with one attached hydrogen (secondary N) is 1.